The van der Waals surface area contributed by atoms with Crippen LogP contribution in [0.3, 0.4) is 0 Å². The molecule has 0 bridgehead atoms. The summed E-state index contributed by atoms with van der Waals surface area (Å²) in [5.41, 5.74) is 6.84. The third-order valence-electron chi connectivity index (χ3n) is 2.43. The van der Waals surface area contributed by atoms with Gasteiger partial charge in [-0.2, -0.15) is 5.26 Å². The lowest BCUT2D eigenvalue weighted by molar-refractivity contribution is 0.473. The fourth-order valence-electron chi connectivity index (χ4n) is 1.53. The van der Waals surface area contributed by atoms with Gasteiger partial charge in [0.2, 0.25) is 0 Å². The minimum Gasteiger partial charge on any atom is -0.454 e. The van der Waals surface area contributed by atoms with Gasteiger partial charge in [-0.15, -0.1) is 11.8 Å². The standard InChI is InChI=1S/C14H12N2OS/c1-18-14-5-3-2-4-13(14)17-12-7-6-10(9-15)8-11(12)16/h2-8H,16H2,1H3. The van der Waals surface area contributed by atoms with Gasteiger partial charge >= 0.3 is 0 Å². The van der Waals surface area contributed by atoms with Crippen LogP contribution >= 0.6 is 11.8 Å². The highest BCUT2D eigenvalue weighted by Gasteiger charge is 2.06. The van der Waals surface area contributed by atoms with Crippen molar-refractivity contribution in [1.29, 1.82) is 5.26 Å². The van der Waals surface area contributed by atoms with E-state index in [9.17, 15) is 0 Å². The first-order valence-electron chi connectivity index (χ1n) is 5.35. The van der Waals surface area contributed by atoms with E-state index in [-0.39, 0.29) is 0 Å². The van der Waals surface area contributed by atoms with Crippen LogP contribution in [0.4, 0.5) is 5.69 Å². The first-order chi connectivity index (χ1) is 8.74. The van der Waals surface area contributed by atoms with Gasteiger partial charge in [0.25, 0.3) is 0 Å². The molecule has 2 N–H and O–H groups in total. The maximum atomic E-state index is 8.78. The van der Waals surface area contributed by atoms with Gasteiger partial charge in [0.15, 0.2) is 0 Å². The van der Waals surface area contributed by atoms with E-state index < -0.39 is 0 Å². The number of benzene rings is 2. The summed E-state index contributed by atoms with van der Waals surface area (Å²) < 4.78 is 5.78. The Bertz CT molecular complexity index is 605. The molecule has 0 aliphatic rings. The third kappa shape index (κ3) is 2.58. The monoisotopic (exact) mass is 256 g/mol. The molecular formula is C14H12N2OS. The fraction of sp³-hybridized carbons (Fsp3) is 0.0714. The molecular weight excluding hydrogens is 244 g/mol. The Morgan fingerprint density at radius 1 is 1.17 bits per heavy atom. The molecule has 0 aromatic heterocycles. The SMILES string of the molecule is CSc1ccccc1Oc1ccc(C#N)cc1N. The van der Waals surface area contributed by atoms with Crippen molar-refractivity contribution < 1.29 is 4.74 Å². The molecule has 0 spiro atoms. The number of rotatable bonds is 3. The van der Waals surface area contributed by atoms with Gasteiger partial charge in [-0.25, -0.2) is 0 Å². The van der Waals surface area contributed by atoms with Crippen LogP contribution in [0.1, 0.15) is 5.56 Å². The smallest absolute Gasteiger partial charge is 0.150 e. The number of nitrogens with zero attached hydrogens (tertiary/aromatic N) is 1. The number of nitrogen functional groups attached to an aromatic ring is 1. The zero-order chi connectivity index (χ0) is 13.0. The van der Waals surface area contributed by atoms with E-state index in [1.165, 1.54) is 0 Å². The number of ether oxygens (including phenoxy) is 1. The zero-order valence-corrected chi connectivity index (χ0v) is 10.7. The first kappa shape index (κ1) is 12.3. The third-order valence-corrected chi connectivity index (χ3v) is 3.20. The first-order valence-corrected chi connectivity index (χ1v) is 6.57. The number of nitriles is 1. The summed E-state index contributed by atoms with van der Waals surface area (Å²) >= 11 is 1.61. The Morgan fingerprint density at radius 2 is 1.94 bits per heavy atom. The van der Waals surface area contributed by atoms with E-state index in [4.69, 9.17) is 15.7 Å². The summed E-state index contributed by atoms with van der Waals surface area (Å²) in [7, 11) is 0. The van der Waals surface area contributed by atoms with Gasteiger partial charge in [-0.3, -0.25) is 0 Å². The Kier molecular flexibility index (Phi) is 3.75. The maximum Gasteiger partial charge on any atom is 0.150 e. The lowest BCUT2D eigenvalue weighted by Gasteiger charge is -2.11. The Morgan fingerprint density at radius 3 is 2.61 bits per heavy atom. The van der Waals surface area contributed by atoms with E-state index in [1.807, 2.05) is 36.6 Å². The van der Waals surface area contributed by atoms with Crippen molar-refractivity contribution in [3.63, 3.8) is 0 Å². The summed E-state index contributed by atoms with van der Waals surface area (Å²) in [6.45, 7) is 0. The number of para-hydroxylation sites is 1. The molecule has 0 aliphatic carbocycles. The van der Waals surface area contributed by atoms with Crippen LogP contribution in [-0.4, -0.2) is 6.26 Å². The Balaban J connectivity index is 2.32. The van der Waals surface area contributed by atoms with Crippen molar-refractivity contribution in [2.45, 2.75) is 4.90 Å². The molecule has 4 heteroatoms. The maximum absolute atomic E-state index is 8.78. The lowest BCUT2D eigenvalue weighted by Crippen LogP contribution is -1.93. The molecule has 90 valence electrons. The molecule has 0 radical (unpaired) electrons. The normalized spacial score (nSPS) is 9.78. The summed E-state index contributed by atoms with van der Waals surface area (Å²) in [5.74, 6) is 1.33. The second-order valence-electron chi connectivity index (χ2n) is 3.62. The van der Waals surface area contributed by atoms with E-state index in [0.717, 1.165) is 10.6 Å². The lowest BCUT2D eigenvalue weighted by atomic mass is 10.2. The quantitative estimate of drug-likeness (QED) is 0.672. The van der Waals surface area contributed by atoms with Crippen molar-refractivity contribution in [2.75, 3.05) is 12.0 Å². The van der Waals surface area contributed by atoms with Crippen LogP contribution in [-0.2, 0) is 0 Å². The topological polar surface area (TPSA) is 59.0 Å². The van der Waals surface area contributed by atoms with Crippen LogP contribution in [0.25, 0.3) is 0 Å². The zero-order valence-electron chi connectivity index (χ0n) is 9.88. The molecule has 0 fully saturated rings. The van der Waals surface area contributed by atoms with Crippen LogP contribution < -0.4 is 10.5 Å². The average molecular weight is 256 g/mol. The van der Waals surface area contributed by atoms with Crippen LogP contribution in [0.15, 0.2) is 47.4 Å². The van der Waals surface area contributed by atoms with E-state index >= 15 is 0 Å². The molecule has 0 amide bonds. The molecule has 2 aromatic rings. The van der Waals surface area contributed by atoms with Crippen LogP contribution in [0.5, 0.6) is 11.5 Å². The molecule has 0 unspecified atom stereocenters. The Labute approximate surface area is 110 Å². The van der Waals surface area contributed by atoms with Crippen molar-refractivity contribution in [2.24, 2.45) is 0 Å². The number of anilines is 1. The van der Waals surface area contributed by atoms with E-state index in [2.05, 4.69) is 0 Å². The number of thioether (sulfide) groups is 1. The summed E-state index contributed by atoms with van der Waals surface area (Å²) in [6.07, 6.45) is 1.99. The molecule has 0 heterocycles. The van der Waals surface area contributed by atoms with Gasteiger partial charge in [-0.1, -0.05) is 12.1 Å². The molecule has 0 saturated carbocycles. The predicted molar refractivity (Wildman–Crippen MR) is 73.9 cm³/mol. The molecule has 2 aromatic carbocycles. The van der Waals surface area contributed by atoms with Gasteiger partial charge in [0.1, 0.15) is 11.5 Å². The second-order valence-corrected chi connectivity index (χ2v) is 4.47. The minimum absolute atomic E-state index is 0.463. The molecule has 0 atom stereocenters. The van der Waals surface area contributed by atoms with Crippen LogP contribution in [0, 0.1) is 11.3 Å². The van der Waals surface area contributed by atoms with Crippen molar-refractivity contribution in [3.8, 4) is 17.6 Å². The molecule has 3 nitrogen and oxygen atoms in total. The molecule has 2 rings (SSSR count). The highest BCUT2D eigenvalue weighted by Crippen LogP contribution is 2.33. The van der Waals surface area contributed by atoms with Gasteiger partial charge in [0.05, 0.1) is 17.3 Å². The van der Waals surface area contributed by atoms with Gasteiger partial charge in [-0.05, 0) is 36.6 Å². The highest BCUT2D eigenvalue weighted by atomic mass is 32.2. The molecule has 0 saturated heterocycles. The highest BCUT2D eigenvalue weighted by molar-refractivity contribution is 7.98. The largest absolute Gasteiger partial charge is 0.454 e. The van der Waals surface area contributed by atoms with Crippen molar-refractivity contribution >= 4 is 17.4 Å². The predicted octanol–water partition coefficient (Wildman–Crippen LogP) is 3.65. The minimum atomic E-state index is 0.463. The number of nitrogens with two attached hydrogens (primary N) is 1. The summed E-state index contributed by atoms with van der Waals surface area (Å²) in [6, 6.07) is 14.8. The van der Waals surface area contributed by atoms with Gasteiger partial charge < -0.3 is 10.5 Å². The fourth-order valence-corrected chi connectivity index (χ4v) is 2.06. The van der Waals surface area contributed by atoms with Gasteiger partial charge in [0, 0.05) is 4.90 Å². The van der Waals surface area contributed by atoms with Crippen LogP contribution in [0.2, 0.25) is 0 Å². The van der Waals surface area contributed by atoms with E-state index in [1.54, 1.807) is 30.0 Å². The number of hydrogen-bond acceptors (Lipinski definition) is 4. The van der Waals surface area contributed by atoms with Crippen molar-refractivity contribution in [1.82, 2.24) is 0 Å². The molecule has 0 aliphatic heterocycles. The molecule has 18 heavy (non-hydrogen) atoms. The number of hydrogen-bond donors (Lipinski definition) is 1. The Hall–Kier alpha value is -2.12. The van der Waals surface area contributed by atoms with E-state index in [0.29, 0.717) is 17.0 Å². The summed E-state index contributed by atoms with van der Waals surface area (Å²) in [5, 5.41) is 8.78. The second kappa shape index (κ2) is 5.48. The van der Waals surface area contributed by atoms with Crippen molar-refractivity contribution in [3.05, 3.63) is 48.0 Å². The summed E-state index contributed by atoms with van der Waals surface area (Å²) in [4.78, 5) is 1.04. The average Bonchev–Trinajstić information content (AvgIpc) is 2.41.